The van der Waals surface area contributed by atoms with Crippen molar-refractivity contribution >= 4 is 51.7 Å². The Morgan fingerprint density at radius 2 is 1.98 bits per heavy atom. The fourth-order valence-corrected chi connectivity index (χ4v) is 5.06. The number of aromatic amines is 1. The minimum Gasteiger partial charge on any atom is -0.495 e. The number of halogens is 1. The van der Waals surface area contributed by atoms with E-state index in [-0.39, 0.29) is 23.1 Å². The number of amides is 2. The van der Waals surface area contributed by atoms with Gasteiger partial charge in [-0.05, 0) is 69.3 Å². The first-order valence-corrected chi connectivity index (χ1v) is 13.3. The van der Waals surface area contributed by atoms with Crippen molar-refractivity contribution in [1.82, 2.24) is 25.2 Å². The number of hydrogen-bond acceptors (Lipinski definition) is 8. The van der Waals surface area contributed by atoms with Crippen molar-refractivity contribution in [2.75, 3.05) is 56.9 Å². The molecule has 4 aromatic rings. The first-order valence-electron chi connectivity index (χ1n) is 13.3. The second-order valence-electron chi connectivity index (χ2n) is 10.2. The summed E-state index contributed by atoms with van der Waals surface area (Å²) in [6, 6.07) is 8.19. The smallest absolute Gasteiger partial charge is 0.256 e. The molecule has 0 atom stereocenters. The van der Waals surface area contributed by atoms with Crippen LogP contribution < -0.4 is 25.6 Å². The Kier molecular flexibility index (Phi) is 7.75. The van der Waals surface area contributed by atoms with Gasteiger partial charge >= 0.3 is 0 Å². The van der Waals surface area contributed by atoms with Gasteiger partial charge in [0.15, 0.2) is 0 Å². The van der Waals surface area contributed by atoms with Gasteiger partial charge in [-0.3, -0.25) is 9.59 Å². The van der Waals surface area contributed by atoms with Crippen LogP contribution in [0.4, 0.5) is 33.2 Å². The highest BCUT2D eigenvalue weighted by molar-refractivity contribution is 6.02. The van der Waals surface area contributed by atoms with Crippen LogP contribution in [0.25, 0.3) is 11.0 Å². The highest BCUT2D eigenvalue weighted by atomic mass is 19.1. The number of hydrogen-bond donors (Lipinski definition) is 4. The quantitative estimate of drug-likeness (QED) is 0.254. The van der Waals surface area contributed by atoms with Crippen LogP contribution in [0, 0.1) is 12.7 Å². The molecular weight excluding hydrogens is 527 g/mol. The molecule has 0 saturated carbocycles. The molecule has 0 aliphatic carbocycles. The van der Waals surface area contributed by atoms with Crippen LogP contribution in [-0.4, -0.2) is 73.0 Å². The molecule has 2 amide bonds. The number of nitrogens with one attached hydrogen (secondary N) is 4. The maximum atomic E-state index is 14.7. The van der Waals surface area contributed by atoms with E-state index in [0.29, 0.717) is 41.4 Å². The second kappa shape index (κ2) is 11.4. The predicted molar refractivity (Wildman–Crippen MR) is 157 cm³/mol. The second-order valence-corrected chi connectivity index (χ2v) is 10.2. The van der Waals surface area contributed by atoms with Gasteiger partial charge in [0.05, 0.1) is 36.0 Å². The normalized spacial score (nSPS) is 12.8. The van der Waals surface area contributed by atoms with E-state index in [2.05, 4.69) is 25.9 Å². The summed E-state index contributed by atoms with van der Waals surface area (Å²) in [5.41, 5.74) is 3.98. The van der Waals surface area contributed by atoms with Crippen molar-refractivity contribution in [3.8, 4) is 5.75 Å². The summed E-state index contributed by atoms with van der Waals surface area (Å²) in [5, 5.41) is 9.57. The molecule has 0 spiro atoms. The number of benzene rings is 2. The number of aryl methyl sites for hydroxylation is 2. The van der Waals surface area contributed by atoms with Crippen molar-refractivity contribution in [3.63, 3.8) is 0 Å². The molecule has 0 radical (unpaired) electrons. The van der Waals surface area contributed by atoms with Crippen LogP contribution in [-0.2, 0) is 11.2 Å². The highest BCUT2D eigenvalue weighted by Gasteiger charge is 2.25. The number of fused-ring (bicyclic) bond motifs is 2. The maximum Gasteiger partial charge on any atom is 0.256 e. The zero-order chi connectivity index (χ0) is 29.3. The summed E-state index contributed by atoms with van der Waals surface area (Å²) in [5.74, 6) is -0.00601. The van der Waals surface area contributed by atoms with Crippen molar-refractivity contribution in [2.45, 2.75) is 19.8 Å². The van der Waals surface area contributed by atoms with Gasteiger partial charge in [-0.1, -0.05) is 6.07 Å². The lowest BCUT2D eigenvalue weighted by atomic mass is 10.00. The number of likely N-dealkylation sites (N-methyl/N-ethyl adjacent to an activating group) is 1. The molecule has 0 saturated heterocycles. The number of methoxy groups -OCH3 is 1. The topological polar surface area (TPSA) is 128 Å². The molecule has 3 heterocycles. The molecule has 0 fully saturated rings. The standard InChI is InChI=1S/C29H33FN8O3/c1-16-14-32-26-24(16)27(33-19-10-6-9-18(30)25(19)28(40)31-2)36-29(35-26)34-20-13-21-17(12-22(20)41-5)8-7-11-38(21)23(39)15-37(3)4/h6,9-10,12-14H,7-8,11,15H2,1-5H3,(H,31,40)(H3,32,33,34,35,36). The molecule has 2 aromatic heterocycles. The van der Waals surface area contributed by atoms with Crippen LogP contribution in [0.2, 0.25) is 0 Å². The predicted octanol–water partition coefficient (Wildman–Crippen LogP) is 4.10. The molecule has 1 aliphatic heterocycles. The molecule has 11 nitrogen and oxygen atoms in total. The molecule has 0 unspecified atom stereocenters. The zero-order valence-corrected chi connectivity index (χ0v) is 23.7. The van der Waals surface area contributed by atoms with E-state index in [1.807, 2.05) is 38.1 Å². The first kappa shape index (κ1) is 27.8. The van der Waals surface area contributed by atoms with Gasteiger partial charge in [-0.2, -0.15) is 9.97 Å². The molecule has 41 heavy (non-hydrogen) atoms. The third kappa shape index (κ3) is 5.50. The number of nitrogens with zero attached hydrogens (tertiary/aromatic N) is 4. The van der Waals surface area contributed by atoms with E-state index in [1.54, 1.807) is 24.3 Å². The van der Waals surface area contributed by atoms with Crippen molar-refractivity contribution in [3.05, 3.63) is 59.0 Å². The lowest BCUT2D eigenvalue weighted by molar-refractivity contribution is -0.119. The van der Waals surface area contributed by atoms with Crippen LogP contribution in [0.15, 0.2) is 36.5 Å². The van der Waals surface area contributed by atoms with Gasteiger partial charge in [0.2, 0.25) is 11.9 Å². The van der Waals surface area contributed by atoms with Gasteiger partial charge in [0, 0.05) is 25.5 Å². The van der Waals surface area contributed by atoms with Crippen LogP contribution in [0.3, 0.4) is 0 Å². The molecule has 5 rings (SSSR count). The summed E-state index contributed by atoms with van der Waals surface area (Å²) in [6.07, 6.45) is 3.49. The zero-order valence-electron chi connectivity index (χ0n) is 23.7. The highest BCUT2D eigenvalue weighted by Crippen LogP contribution is 2.38. The van der Waals surface area contributed by atoms with Gasteiger partial charge < -0.3 is 35.5 Å². The van der Waals surface area contributed by atoms with E-state index in [0.717, 1.165) is 29.7 Å². The Morgan fingerprint density at radius 3 is 2.71 bits per heavy atom. The molecular formula is C29H33FN8O3. The molecule has 1 aliphatic rings. The van der Waals surface area contributed by atoms with Gasteiger partial charge in [0.1, 0.15) is 23.0 Å². The van der Waals surface area contributed by atoms with Crippen molar-refractivity contribution < 1.29 is 18.7 Å². The molecule has 0 bridgehead atoms. The molecule has 214 valence electrons. The average molecular weight is 561 g/mol. The lowest BCUT2D eigenvalue weighted by Gasteiger charge is -2.31. The van der Waals surface area contributed by atoms with E-state index in [4.69, 9.17) is 9.72 Å². The fraction of sp³-hybridized carbons (Fsp3) is 0.310. The van der Waals surface area contributed by atoms with E-state index < -0.39 is 11.7 Å². The monoisotopic (exact) mass is 560 g/mol. The summed E-state index contributed by atoms with van der Waals surface area (Å²) in [6.45, 7) is 2.83. The van der Waals surface area contributed by atoms with Crippen LogP contribution >= 0.6 is 0 Å². The lowest BCUT2D eigenvalue weighted by Crippen LogP contribution is -2.40. The Labute approximate surface area is 237 Å². The van der Waals surface area contributed by atoms with Crippen molar-refractivity contribution in [2.24, 2.45) is 0 Å². The van der Waals surface area contributed by atoms with E-state index in [1.165, 1.54) is 19.2 Å². The molecule has 2 aromatic carbocycles. The molecule has 4 N–H and O–H groups in total. The Balaban J connectivity index is 1.56. The number of carbonyl (C=O) groups excluding carboxylic acids is 2. The Morgan fingerprint density at radius 1 is 1.17 bits per heavy atom. The molecule has 12 heteroatoms. The SMILES string of the molecule is CNC(=O)c1c(F)cccc1Nc1nc(Nc2cc3c(cc2OC)CCCN3C(=O)CN(C)C)nc2[nH]cc(C)c12. The van der Waals surface area contributed by atoms with Gasteiger partial charge in [-0.25, -0.2) is 4.39 Å². The van der Waals surface area contributed by atoms with Crippen molar-refractivity contribution in [1.29, 1.82) is 0 Å². The third-order valence-electron chi connectivity index (χ3n) is 6.97. The number of ether oxygens (including phenoxy) is 1. The number of aromatic nitrogens is 3. The summed E-state index contributed by atoms with van der Waals surface area (Å²) in [7, 11) is 6.76. The van der Waals surface area contributed by atoms with E-state index >= 15 is 0 Å². The summed E-state index contributed by atoms with van der Waals surface area (Å²) >= 11 is 0. The number of anilines is 5. The van der Waals surface area contributed by atoms with Gasteiger partial charge in [-0.15, -0.1) is 0 Å². The number of rotatable bonds is 8. The summed E-state index contributed by atoms with van der Waals surface area (Å²) in [4.78, 5) is 41.7. The maximum absolute atomic E-state index is 14.7. The van der Waals surface area contributed by atoms with Crippen LogP contribution in [0.1, 0.15) is 27.9 Å². The minimum atomic E-state index is -0.657. The van der Waals surface area contributed by atoms with E-state index in [9.17, 15) is 14.0 Å². The number of carbonyl (C=O) groups is 2. The Bertz CT molecular complexity index is 1630. The average Bonchev–Trinajstić information content (AvgIpc) is 3.32. The Hall–Kier alpha value is -4.71. The summed E-state index contributed by atoms with van der Waals surface area (Å²) < 4.78 is 20.4. The number of H-pyrrole nitrogens is 1. The minimum absolute atomic E-state index is 0.0140. The van der Waals surface area contributed by atoms with Gasteiger partial charge in [0.25, 0.3) is 5.91 Å². The first-order chi connectivity index (χ1) is 19.7. The third-order valence-corrected chi connectivity index (χ3v) is 6.97. The van der Waals surface area contributed by atoms with Crippen LogP contribution in [0.5, 0.6) is 5.75 Å². The fourth-order valence-electron chi connectivity index (χ4n) is 5.06. The largest absolute Gasteiger partial charge is 0.495 e.